The number of anilines is 1. The zero-order chi connectivity index (χ0) is 14.0. The fourth-order valence-electron chi connectivity index (χ4n) is 1.41. The van der Waals surface area contributed by atoms with Crippen molar-refractivity contribution in [2.24, 2.45) is 0 Å². The Hall–Kier alpha value is -2.02. The highest BCUT2D eigenvalue weighted by Crippen LogP contribution is 2.22. The average Bonchev–Trinajstić information content (AvgIpc) is 2.41. The number of carbonyl (C=O) groups is 1. The standard InChI is InChI=1S/C12H9BrFN3O2/c1-17(12(18)19)10-5-2-7(6-15-10)9-4-3-8(13)11(14)16-9/h2-6H,1H3,(H,18,19). The Bertz CT molecular complexity index is 619. The molecule has 1 amide bonds. The van der Waals surface area contributed by atoms with E-state index in [1.807, 2.05) is 0 Å². The molecule has 0 saturated heterocycles. The average molecular weight is 326 g/mol. The van der Waals surface area contributed by atoms with Gasteiger partial charge in [0.25, 0.3) is 0 Å². The minimum Gasteiger partial charge on any atom is -0.465 e. The fraction of sp³-hybridized carbons (Fsp3) is 0.0833. The summed E-state index contributed by atoms with van der Waals surface area (Å²) in [5, 5.41) is 8.81. The van der Waals surface area contributed by atoms with Gasteiger partial charge in [-0.3, -0.25) is 4.90 Å². The third-order valence-electron chi connectivity index (χ3n) is 2.48. The van der Waals surface area contributed by atoms with E-state index in [9.17, 15) is 9.18 Å². The summed E-state index contributed by atoms with van der Waals surface area (Å²) in [6.07, 6.45) is 0.345. The zero-order valence-corrected chi connectivity index (χ0v) is 11.4. The maximum absolute atomic E-state index is 13.3. The van der Waals surface area contributed by atoms with Crippen LogP contribution in [0.2, 0.25) is 0 Å². The zero-order valence-electron chi connectivity index (χ0n) is 9.84. The highest BCUT2D eigenvalue weighted by molar-refractivity contribution is 9.10. The summed E-state index contributed by atoms with van der Waals surface area (Å²) in [5.41, 5.74) is 1.03. The summed E-state index contributed by atoms with van der Waals surface area (Å²) < 4.78 is 13.6. The lowest BCUT2D eigenvalue weighted by Crippen LogP contribution is -2.24. The Morgan fingerprint density at radius 2 is 2.11 bits per heavy atom. The maximum Gasteiger partial charge on any atom is 0.412 e. The van der Waals surface area contributed by atoms with E-state index in [2.05, 4.69) is 25.9 Å². The van der Waals surface area contributed by atoms with Gasteiger partial charge in [0.05, 0.1) is 10.2 Å². The fourth-order valence-corrected chi connectivity index (χ4v) is 1.63. The molecule has 2 aromatic heterocycles. The Morgan fingerprint density at radius 1 is 1.37 bits per heavy atom. The quantitative estimate of drug-likeness (QED) is 0.861. The molecule has 2 aromatic rings. The molecule has 2 rings (SSSR count). The minimum absolute atomic E-state index is 0.284. The molecule has 98 valence electrons. The topological polar surface area (TPSA) is 66.3 Å². The number of hydrogen-bond donors (Lipinski definition) is 1. The molecule has 2 heterocycles. The van der Waals surface area contributed by atoms with E-state index in [0.717, 1.165) is 4.90 Å². The molecule has 1 N–H and O–H groups in total. The molecular formula is C12H9BrFN3O2. The molecule has 0 bridgehead atoms. The van der Waals surface area contributed by atoms with Gasteiger partial charge in [-0.05, 0) is 40.2 Å². The molecule has 0 aliphatic rings. The lowest BCUT2D eigenvalue weighted by Gasteiger charge is -2.11. The molecule has 0 unspecified atom stereocenters. The number of carboxylic acid groups (broad SMARTS) is 1. The van der Waals surface area contributed by atoms with Gasteiger partial charge in [-0.25, -0.2) is 14.8 Å². The lowest BCUT2D eigenvalue weighted by atomic mass is 10.2. The first kappa shape index (κ1) is 13.4. The Kier molecular flexibility index (Phi) is 3.75. The third kappa shape index (κ3) is 2.87. The van der Waals surface area contributed by atoms with Gasteiger partial charge in [-0.2, -0.15) is 4.39 Å². The normalized spacial score (nSPS) is 10.3. The molecule has 5 nitrogen and oxygen atoms in total. The van der Waals surface area contributed by atoms with Crippen LogP contribution < -0.4 is 4.90 Å². The largest absolute Gasteiger partial charge is 0.465 e. The Morgan fingerprint density at radius 3 is 2.63 bits per heavy atom. The van der Waals surface area contributed by atoms with Gasteiger partial charge in [0.15, 0.2) is 0 Å². The molecular weight excluding hydrogens is 317 g/mol. The highest BCUT2D eigenvalue weighted by atomic mass is 79.9. The summed E-state index contributed by atoms with van der Waals surface area (Å²) >= 11 is 3.02. The Labute approximate surface area is 116 Å². The molecule has 0 atom stereocenters. The number of aromatic nitrogens is 2. The molecule has 0 aliphatic carbocycles. The minimum atomic E-state index is -1.10. The monoisotopic (exact) mass is 325 g/mol. The van der Waals surface area contributed by atoms with E-state index in [1.54, 1.807) is 18.2 Å². The lowest BCUT2D eigenvalue weighted by molar-refractivity contribution is 0.203. The summed E-state index contributed by atoms with van der Waals surface area (Å²) in [6, 6.07) is 6.36. The molecule has 0 aromatic carbocycles. The second kappa shape index (κ2) is 5.31. The van der Waals surface area contributed by atoms with Crippen molar-refractivity contribution in [3.8, 4) is 11.3 Å². The van der Waals surface area contributed by atoms with Crippen LogP contribution in [0, 0.1) is 5.95 Å². The van der Waals surface area contributed by atoms with Crippen LogP contribution in [0.4, 0.5) is 15.0 Å². The first-order valence-corrected chi connectivity index (χ1v) is 6.03. The predicted molar refractivity (Wildman–Crippen MR) is 71.6 cm³/mol. The number of rotatable bonds is 2. The maximum atomic E-state index is 13.3. The van der Waals surface area contributed by atoms with Gasteiger partial charge in [0.1, 0.15) is 5.82 Å². The van der Waals surface area contributed by atoms with E-state index in [0.29, 0.717) is 11.3 Å². The van der Waals surface area contributed by atoms with Crippen LogP contribution in [-0.2, 0) is 0 Å². The van der Waals surface area contributed by atoms with Crippen LogP contribution in [-0.4, -0.2) is 28.2 Å². The number of hydrogen-bond acceptors (Lipinski definition) is 3. The van der Waals surface area contributed by atoms with Crippen molar-refractivity contribution in [1.82, 2.24) is 9.97 Å². The second-order valence-corrected chi connectivity index (χ2v) is 4.57. The highest BCUT2D eigenvalue weighted by Gasteiger charge is 2.10. The second-order valence-electron chi connectivity index (χ2n) is 3.72. The van der Waals surface area contributed by atoms with Crippen LogP contribution in [0.3, 0.4) is 0 Å². The molecule has 7 heteroatoms. The van der Waals surface area contributed by atoms with Gasteiger partial charge in [0.2, 0.25) is 5.95 Å². The van der Waals surface area contributed by atoms with Crippen molar-refractivity contribution in [1.29, 1.82) is 0 Å². The molecule has 0 saturated carbocycles. The first-order chi connectivity index (χ1) is 8.99. The van der Waals surface area contributed by atoms with Crippen LogP contribution in [0.1, 0.15) is 0 Å². The van der Waals surface area contributed by atoms with Crippen molar-refractivity contribution < 1.29 is 14.3 Å². The summed E-state index contributed by atoms with van der Waals surface area (Å²) in [4.78, 5) is 19.5. The summed E-state index contributed by atoms with van der Waals surface area (Å²) in [5.74, 6) is -0.321. The SMILES string of the molecule is CN(C(=O)O)c1ccc(-c2ccc(Br)c(F)n2)cn1. The molecule has 0 aliphatic heterocycles. The third-order valence-corrected chi connectivity index (χ3v) is 3.07. The van der Waals surface area contributed by atoms with Gasteiger partial charge in [0, 0.05) is 18.8 Å². The van der Waals surface area contributed by atoms with Gasteiger partial charge >= 0.3 is 6.09 Å². The van der Waals surface area contributed by atoms with Crippen LogP contribution in [0.15, 0.2) is 34.9 Å². The van der Waals surface area contributed by atoms with Gasteiger partial charge < -0.3 is 5.11 Å². The van der Waals surface area contributed by atoms with Crippen molar-refractivity contribution in [2.45, 2.75) is 0 Å². The van der Waals surface area contributed by atoms with E-state index in [-0.39, 0.29) is 10.3 Å². The molecule has 0 fully saturated rings. The van der Waals surface area contributed by atoms with Crippen molar-refractivity contribution in [3.05, 3.63) is 40.9 Å². The van der Waals surface area contributed by atoms with E-state index in [4.69, 9.17) is 5.11 Å². The molecule has 19 heavy (non-hydrogen) atoms. The van der Waals surface area contributed by atoms with E-state index < -0.39 is 12.0 Å². The van der Waals surface area contributed by atoms with Crippen molar-refractivity contribution >= 4 is 27.8 Å². The number of amides is 1. The summed E-state index contributed by atoms with van der Waals surface area (Å²) in [7, 11) is 1.39. The molecule has 0 spiro atoms. The van der Waals surface area contributed by atoms with Crippen LogP contribution in [0.25, 0.3) is 11.3 Å². The van der Waals surface area contributed by atoms with E-state index in [1.165, 1.54) is 19.3 Å². The number of nitrogens with zero attached hydrogens (tertiary/aromatic N) is 3. The van der Waals surface area contributed by atoms with Gasteiger partial charge in [-0.1, -0.05) is 0 Å². The van der Waals surface area contributed by atoms with Gasteiger partial charge in [-0.15, -0.1) is 0 Å². The first-order valence-electron chi connectivity index (χ1n) is 5.24. The summed E-state index contributed by atoms with van der Waals surface area (Å²) in [6.45, 7) is 0. The van der Waals surface area contributed by atoms with Crippen LogP contribution in [0.5, 0.6) is 0 Å². The number of halogens is 2. The predicted octanol–water partition coefficient (Wildman–Crippen LogP) is 3.16. The van der Waals surface area contributed by atoms with Crippen molar-refractivity contribution in [3.63, 3.8) is 0 Å². The Balaban J connectivity index is 2.32. The molecule has 0 radical (unpaired) electrons. The van der Waals surface area contributed by atoms with E-state index >= 15 is 0 Å². The van der Waals surface area contributed by atoms with Crippen molar-refractivity contribution in [2.75, 3.05) is 11.9 Å². The number of pyridine rings is 2. The van der Waals surface area contributed by atoms with Crippen LogP contribution >= 0.6 is 15.9 Å². The smallest absolute Gasteiger partial charge is 0.412 e.